The van der Waals surface area contributed by atoms with Gasteiger partial charge in [-0.1, -0.05) is 0 Å². The van der Waals surface area contributed by atoms with E-state index in [1.807, 2.05) is 6.92 Å². The van der Waals surface area contributed by atoms with Crippen LogP contribution in [0.5, 0.6) is 0 Å². The van der Waals surface area contributed by atoms with Crippen LogP contribution in [0.2, 0.25) is 0 Å². The summed E-state index contributed by atoms with van der Waals surface area (Å²) < 4.78 is 0. The highest BCUT2D eigenvalue weighted by molar-refractivity contribution is 7.11. The Labute approximate surface area is 69.9 Å². The normalized spacial score (nSPS) is 13.4. The van der Waals surface area contributed by atoms with Gasteiger partial charge < -0.3 is 10.8 Å². The second kappa shape index (κ2) is 3.80. The van der Waals surface area contributed by atoms with Crippen molar-refractivity contribution in [2.24, 2.45) is 5.73 Å². The van der Waals surface area contributed by atoms with E-state index in [0.29, 0.717) is 13.0 Å². The molecule has 0 radical (unpaired) electrons. The predicted octanol–water partition coefficient (Wildman–Crippen LogP) is 0.834. The van der Waals surface area contributed by atoms with Crippen molar-refractivity contribution in [1.29, 1.82) is 0 Å². The molecule has 1 heterocycles. The lowest BCUT2D eigenvalue weighted by Gasteiger charge is -2.03. The van der Waals surface area contributed by atoms with Crippen LogP contribution in [0, 0.1) is 6.92 Å². The lowest BCUT2D eigenvalue weighted by atomic mass is 10.3. The highest BCUT2D eigenvalue weighted by Gasteiger charge is 2.09. The van der Waals surface area contributed by atoms with Crippen molar-refractivity contribution in [2.45, 2.75) is 19.4 Å². The molecular formula is C7H12N2OS. The Hall–Kier alpha value is -0.450. The Balaban J connectivity index is 2.60. The quantitative estimate of drug-likeness (QED) is 0.710. The Morgan fingerprint density at radius 2 is 2.55 bits per heavy atom. The second-order valence-electron chi connectivity index (χ2n) is 2.40. The van der Waals surface area contributed by atoms with E-state index in [1.165, 1.54) is 11.3 Å². The fourth-order valence-electron chi connectivity index (χ4n) is 0.808. The van der Waals surface area contributed by atoms with E-state index in [0.717, 1.165) is 9.88 Å². The van der Waals surface area contributed by atoms with Gasteiger partial charge in [-0.25, -0.2) is 4.98 Å². The van der Waals surface area contributed by atoms with Gasteiger partial charge in [0.1, 0.15) is 11.1 Å². The third-order valence-corrected chi connectivity index (χ3v) is 2.38. The Bertz CT molecular complexity index is 224. The van der Waals surface area contributed by atoms with Gasteiger partial charge in [-0.2, -0.15) is 0 Å². The fourth-order valence-corrected chi connectivity index (χ4v) is 1.60. The lowest BCUT2D eigenvalue weighted by molar-refractivity contribution is 0.170. The number of hydrogen-bond donors (Lipinski definition) is 2. The van der Waals surface area contributed by atoms with Crippen molar-refractivity contribution in [2.75, 3.05) is 6.54 Å². The maximum absolute atomic E-state index is 9.40. The number of thiazole rings is 1. The van der Waals surface area contributed by atoms with Crippen LogP contribution in [0.1, 0.15) is 22.4 Å². The minimum Gasteiger partial charge on any atom is -0.386 e. The molecule has 3 N–H and O–H groups in total. The van der Waals surface area contributed by atoms with Gasteiger partial charge in [0.25, 0.3) is 0 Å². The molecule has 62 valence electrons. The zero-order valence-electron chi connectivity index (χ0n) is 6.45. The van der Waals surface area contributed by atoms with E-state index in [2.05, 4.69) is 4.98 Å². The Morgan fingerprint density at radius 3 is 3.00 bits per heavy atom. The van der Waals surface area contributed by atoms with Gasteiger partial charge >= 0.3 is 0 Å². The van der Waals surface area contributed by atoms with Gasteiger partial charge in [-0.15, -0.1) is 11.3 Å². The zero-order chi connectivity index (χ0) is 8.27. The Kier molecular flexibility index (Phi) is 2.99. The van der Waals surface area contributed by atoms with E-state index in [9.17, 15) is 5.11 Å². The van der Waals surface area contributed by atoms with Crippen LogP contribution >= 0.6 is 11.3 Å². The maximum Gasteiger partial charge on any atom is 0.121 e. The van der Waals surface area contributed by atoms with Crippen LogP contribution in [0.15, 0.2) is 6.20 Å². The minimum absolute atomic E-state index is 0.473. The van der Waals surface area contributed by atoms with Crippen LogP contribution in [-0.4, -0.2) is 16.6 Å². The average molecular weight is 172 g/mol. The molecule has 1 aromatic heterocycles. The maximum atomic E-state index is 9.40. The molecule has 0 aliphatic carbocycles. The monoisotopic (exact) mass is 172 g/mol. The number of aryl methyl sites for hydroxylation is 1. The molecule has 0 saturated heterocycles. The standard InChI is InChI=1S/C7H12N2OS/c1-5-4-9-7(11-5)6(10)2-3-8/h4,6,10H,2-3,8H2,1H3. The van der Waals surface area contributed by atoms with Gasteiger partial charge in [-0.3, -0.25) is 0 Å². The lowest BCUT2D eigenvalue weighted by Crippen LogP contribution is -2.06. The minimum atomic E-state index is -0.473. The summed E-state index contributed by atoms with van der Waals surface area (Å²) in [4.78, 5) is 5.17. The zero-order valence-corrected chi connectivity index (χ0v) is 7.27. The number of hydrogen-bond acceptors (Lipinski definition) is 4. The first kappa shape index (κ1) is 8.64. The summed E-state index contributed by atoms with van der Waals surface area (Å²) in [7, 11) is 0. The largest absolute Gasteiger partial charge is 0.386 e. The summed E-state index contributed by atoms with van der Waals surface area (Å²) in [5, 5.41) is 10.2. The van der Waals surface area contributed by atoms with Crippen molar-refractivity contribution >= 4 is 11.3 Å². The number of aromatic nitrogens is 1. The molecule has 0 saturated carbocycles. The molecule has 4 heteroatoms. The summed E-state index contributed by atoms with van der Waals surface area (Å²) in [5.41, 5.74) is 5.29. The summed E-state index contributed by atoms with van der Waals surface area (Å²) in [6.45, 7) is 2.47. The summed E-state index contributed by atoms with van der Waals surface area (Å²) in [6.07, 6.45) is 1.88. The van der Waals surface area contributed by atoms with E-state index >= 15 is 0 Å². The van der Waals surface area contributed by atoms with Crippen LogP contribution in [0.25, 0.3) is 0 Å². The van der Waals surface area contributed by atoms with Crippen molar-refractivity contribution in [3.63, 3.8) is 0 Å². The van der Waals surface area contributed by atoms with Crippen LogP contribution in [0.3, 0.4) is 0 Å². The SMILES string of the molecule is Cc1cnc(C(O)CCN)s1. The van der Waals surface area contributed by atoms with Crippen molar-refractivity contribution in [3.8, 4) is 0 Å². The molecule has 0 amide bonds. The third-order valence-electron chi connectivity index (χ3n) is 1.36. The van der Waals surface area contributed by atoms with E-state index < -0.39 is 6.10 Å². The number of aliphatic hydroxyl groups excluding tert-OH is 1. The molecule has 0 spiro atoms. The first-order valence-corrected chi connectivity index (χ1v) is 4.36. The summed E-state index contributed by atoms with van der Waals surface area (Å²) in [5.74, 6) is 0. The predicted molar refractivity (Wildman–Crippen MR) is 45.5 cm³/mol. The van der Waals surface area contributed by atoms with Crippen LogP contribution in [-0.2, 0) is 0 Å². The first-order valence-electron chi connectivity index (χ1n) is 3.54. The van der Waals surface area contributed by atoms with E-state index in [4.69, 9.17) is 5.73 Å². The van der Waals surface area contributed by atoms with Gasteiger partial charge in [0, 0.05) is 11.1 Å². The van der Waals surface area contributed by atoms with Crippen LogP contribution in [0.4, 0.5) is 0 Å². The number of nitrogens with two attached hydrogens (primary N) is 1. The molecular weight excluding hydrogens is 160 g/mol. The molecule has 11 heavy (non-hydrogen) atoms. The Morgan fingerprint density at radius 1 is 1.82 bits per heavy atom. The number of aliphatic hydroxyl groups is 1. The van der Waals surface area contributed by atoms with Crippen molar-refractivity contribution in [1.82, 2.24) is 4.98 Å². The molecule has 0 aliphatic heterocycles. The second-order valence-corrected chi connectivity index (χ2v) is 3.67. The number of nitrogens with zero attached hydrogens (tertiary/aromatic N) is 1. The molecule has 1 atom stereocenters. The van der Waals surface area contributed by atoms with Gasteiger partial charge in [0.05, 0.1) is 0 Å². The van der Waals surface area contributed by atoms with Gasteiger partial charge in [0.2, 0.25) is 0 Å². The molecule has 3 nitrogen and oxygen atoms in total. The smallest absolute Gasteiger partial charge is 0.121 e. The number of rotatable bonds is 3. The highest BCUT2D eigenvalue weighted by Crippen LogP contribution is 2.20. The van der Waals surface area contributed by atoms with Crippen LogP contribution < -0.4 is 5.73 Å². The van der Waals surface area contributed by atoms with E-state index in [-0.39, 0.29) is 0 Å². The van der Waals surface area contributed by atoms with E-state index in [1.54, 1.807) is 6.20 Å². The third kappa shape index (κ3) is 2.25. The summed E-state index contributed by atoms with van der Waals surface area (Å²) in [6, 6.07) is 0. The molecule has 1 unspecified atom stereocenters. The highest BCUT2D eigenvalue weighted by atomic mass is 32.1. The summed E-state index contributed by atoms with van der Waals surface area (Å²) >= 11 is 1.52. The van der Waals surface area contributed by atoms with Crippen molar-refractivity contribution in [3.05, 3.63) is 16.1 Å². The molecule has 0 bridgehead atoms. The fraction of sp³-hybridized carbons (Fsp3) is 0.571. The first-order chi connectivity index (χ1) is 5.24. The average Bonchev–Trinajstić information content (AvgIpc) is 2.36. The van der Waals surface area contributed by atoms with Gasteiger partial charge in [0.15, 0.2) is 0 Å². The molecule has 0 aromatic carbocycles. The molecule has 0 fully saturated rings. The topological polar surface area (TPSA) is 59.1 Å². The molecule has 1 rings (SSSR count). The molecule has 1 aromatic rings. The van der Waals surface area contributed by atoms with Gasteiger partial charge in [-0.05, 0) is 19.9 Å². The van der Waals surface area contributed by atoms with Crippen molar-refractivity contribution < 1.29 is 5.11 Å². The molecule has 0 aliphatic rings.